The van der Waals surface area contributed by atoms with Gasteiger partial charge in [0.15, 0.2) is 0 Å². The number of nitrogens with zero attached hydrogens (tertiary/aromatic N) is 2. The maximum absolute atomic E-state index is 13.3. The summed E-state index contributed by atoms with van der Waals surface area (Å²) in [6.45, 7) is 1.56. The topological polar surface area (TPSA) is 110 Å². The molecule has 0 spiro atoms. The van der Waals surface area contributed by atoms with E-state index in [1.54, 1.807) is 0 Å². The molecule has 1 N–H and O–H groups in total. The van der Waals surface area contributed by atoms with Crippen molar-refractivity contribution in [2.45, 2.75) is 62.6 Å². The first-order valence-electron chi connectivity index (χ1n) is 10.5. The van der Waals surface area contributed by atoms with Gasteiger partial charge in [0, 0.05) is 37.2 Å². The Labute approximate surface area is 184 Å². The number of rotatable bonds is 5. The highest BCUT2D eigenvalue weighted by molar-refractivity contribution is 7.89. The Morgan fingerprint density at radius 2 is 1.78 bits per heavy atom. The number of halogens is 3. The van der Waals surface area contributed by atoms with E-state index in [0.717, 1.165) is 6.07 Å². The SMILES string of the molecule is Cc1ccc([N+](=O)[O-])cc1S(=O)(=O)N1CCC(C(=O)NC2CCCCC2C(F)(F)F)CC1. The number of nitrogens with one attached hydrogen (secondary N) is 1. The number of nitro groups is 1. The van der Waals surface area contributed by atoms with E-state index in [4.69, 9.17) is 0 Å². The highest BCUT2D eigenvalue weighted by atomic mass is 32.2. The molecular weight excluding hydrogens is 451 g/mol. The average Bonchev–Trinajstić information content (AvgIpc) is 2.73. The number of carbonyl (C=O) groups excluding carboxylic acids is 1. The first-order chi connectivity index (χ1) is 14.9. The lowest BCUT2D eigenvalue weighted by atomic mass is 9.83. The van der Waals surface area contributed by atoms with E-state index in [1.165, 1.54) is 23.4 Å². The summed E-state index contributed by atoms with van der Waals surface area (Å²) < 4.78 is 67.0. The van der Waals surface area contributed by atoms with Crippen LogP contribution in [0.2, 0.25) is 0 Å². The second-order valence-corrected chi connectivity index (χ2v) is 10.3. The van der Waals surface area contributed by atoms with Gasteiger partial charge in [-0.15, -0.1) is 0 Å². The lowest BCUT2D eigenvalue weighted by molar-refractivity contribution is -0.385. The second kappa shape index (κ2) is 9.34. The summed E-state index contributed by atoms with van der Waals surface area (Å²) in [4.78, 5) is 22.8. The molecule has 0 bridgehead atoms. The zero-order valence-corrected chi connectivity index (χ0v) is 18.4. The molecule has 1 aromatic carbocycles. The fourth-order valence-corrected chi connectivity index (χ4v) is 6.19. The molecule has 8 nitrogen and oxygen atoms in total. The zero-order chi connectivity index (χ0) is 23.7. The van der Waals surface area contributed by atoms with E-state index < -0.39 is 44.9 Å². The summed E-state index contributed by atoms with van der Waals surface area (Å²) in [7, 11) is -4.00. The van der Waals surface area contributed by atoms with E-state index in [0.29, 0.717) is 18.4 Å². The normalized spacial score (nSPS) is 23.6. The molecule has 0 radical (unpaired) electrons. The van der Waals surface area contributed by atoms with Gasteiger partial charge >= 0.3 is 6.18 Å². The van der Waals surface area contributed by atoms with Crippen LogP contribution in [0.25, 0.3) is 0 Å². The fraction of sp³-hybridized carbons (Fsp3) is 0.650. The average molecular weight is 478 g/mol. The highest BCUT2D eigenvalue weighted by Gasteiger charge is 2.46. The molecule has 2 unspecified atom stereocenters. The van der Waals surface area contributed by atoms with Crippen LogP contribution in [-0.4, -0.2) is 48.9 Å². The molecule has 1 aliphatic heterocycles. The molecule has 2 aliphatic rings. The minimum atomic E-state index is -4.37. The number of benzene rings is 1. The Balaban J connectivity index is 1.65. The maximum atomic E-state index is 13.3. The summed E-state index contributed by atoms with van der Waals surface area (Å²) >= 11 is 0. The number of non-ortho nitro benzene ring substituents is 1. The first-order valence-corrected chi connectivity index (χ1v) is 12.0. The summed E-state index contributed by atoms with van der Waals surface area (Å²) in [6.07, 6.45) is -2.67. The number of hydrogen-bond donors (Lipinski definition) is 1. The number of aryl methyl sites for hydroxylation is 1. The van der Waals surface area contributed by atoms with Crippen LogP contribution in [0.15, 0.2) is 23.1 Å². The van der Waals surface area contributed by atoms with E-state index in [9.17, 15) is 36.5 Å². The molecular formula is C20H26F3N3O5S. The Hall–Kier alpha value is -2.21. The molecule has 178 valence electrons. The van der Waals surface area contributed by atoms with E-state index in [-0.39, 0.29) is 49.4 Å². The summed E-state index contributed by atoms with van der Waals surface area (Å²) in [5, 5.41) is 13.6. The molecule has 1 heterocycles. The lowest BCUT2D eigenvalue weighted by Crippen LogP contribution is -2.51. The van der Waals surface area contributed by atoms with E-state index >= 15 is 0 Å². The maximum Gasteiger partial charge on any atom is 0.393 e. The monoisotopic (exact) mass is 477 g/mol. The number of carbonyl (C=O) groups is 1. The summed E-state index contributed by atoms with van der Waals surface area (Å²) in [5.74, 6) is -2.62. The third-order valence-electron chi connectivity index (χ3n) is 6.34. The molecule has 0 aromatic heterocycles. The van der Waals surface area contributed by atoms with Crippen LogP contribution in [-0.2, 0) is 14.8 Å². The third kappa shape index (κ3) is 5.22. The molecule has 1 saturated heterocycles. The van der Waals surface area contributed by atoms with Crippen LogP contribution in [0.5, 0.6) is 0 Å². The number of amides is 1. The van der Waals surface area contributed by atoms with Crippen LogP contribution in [0.1, 0.15) is 44.1 Å². The molecule has 1 amide bonds. The molecule has 1 saturated carbocycles. The fourth-order valence-electron chi connectivity index (χ4n) is 4.47. The van der Waals surface area contributed by atoms with Crippen LogP contribution >= 0.6 is 0 Å². The Kier molecular flexibility index (Phi) is 7.13. The van der Waals surface area contributed by atoms with Gasteiger partial charge in [-0.3, -0.25) is 14.9 Å². The quantitative estimate of drug-likeness (QED) is 0.515. The van der Waals surface area contributed by atoms with Crippen molar-refractivity contribution in [3.05, 3.63) is 33.9 Å². The zero-order valence-electron chi connectivity index (χ0n) is 17.6. The number of alkyl halides is 3. The van der Waals surface area contributed by atoms with Crippen LogP contribution in [0.4, 0.5) is 18.9 Å². The van der Waals surface area contributed by atoms with Crippen molar-refractivity contribution in [2.24, 2.45) is 11.8 Å². The second-order valence-electron chi connectivity index (χ2n) is 8.43. The van der Waals surface area contributed by atoms with Gasteiger partial charge in [-0.05, 0) is 38.2 Å². The lowest BCUT2D eigenvalue weighted by Gasteiger charge is -2.36. The van der Waals surface area contributed by atoms with E-state index in [2.05, 4.69) is 5.32 Å². The summed E-state index contributed by atoms with van der Waals surface area (Å²) in [6, 6.07) is 2.66. The van der Waals surface area contributed by atoms with Gasteiger partial charge in [0.25, 0.3) is 5.69 Å². The Morgan fingerprint density at radius 3 is 2.38 bits per heavy atom. The van der Waals surface area contributed by atoms with Gasteiger partial charge in [-0.1, -0.05) is 18.9 Å². The molecule has 3 rings (SSSR count). The molecule has 2 fully saturated rings. The molecule has 1 aliphatic carbocycles. The van der Waals surface area contributed by atoms with Crippen LogP contribution in [0, 0.1) is 28.9 Å². The molecule has 12 heteroatoms. The highest BCUT2D eigenvalue weighted by Crippen LogP contribution is 2.38. The third-order valence-corrected chi connectivity index (χ3v) is 8.38. The number of piperidine rings is 1. The van der Waals surface area contributed by atoms with Crippen molar-refractivity contribution in [2.75, 3.05) is 13.1 Å². The van der Waals surface area contributed by atoms with Crippen molar-refractivity contribution in [3.63, 3.8) is 0 Å². The minimum Gasteiger partial charge on any atom is -0.353 e. The predicted octanol–water partition coefficient (Wildman–Crippen LogP) is 3.54. The number of hydrogen-bond acceptors (Lipinski definition) is 5. The van der Waals surface area contributed by atoms with Gasteiger partial charge in [0.2, 0.25) is 15.9 Å². The number of sulfonamides is 1. The first kappa shape index (κ1) is 24.4. The summed E-state index contributed by atoms with van der Waals surface area (Å²) in [5.41, 5.74) is 0.0288. The largest absolute Gasteiger partial charge is 0.393 e. The van der Waals surface area contributed by atoms with Crippen molar-refractivity contribution in [1.82, 2.24) is 9.62 Å². The molecule has 32 heavy (non-hydrogen) atoms. The van der Waals surface area contributed by atoms with Gasteiger partial charge in [0.05, 0.1) is 15.7 Å². The molecule has 1 aromatic rings. The van der Waals surface area contributed by atoms with Gasteiger partial charge in [-0.25, -0.2) is 8.42 Å². The van der Waals surface area contributed by atoms with Gasteiger partial charge < -0.3 is 5.32 Å². The Morgan fingerprint density at radius 1 is 1.16 bits per heavy atom. The van der Waals surface area contributed by atoms with Crippen LogP contribution < -0.4 is 5.32 Å². The van der Waals surface area contributed by atoms with Crippen molar-refractivity contribution in [1.29, 1.82) is 0 Å². The standard InChI is InChI=1S/C20H26F3N3O5S/c1-13-6-7-15(26(28)29)12-18(13)32(30,31)25-10-8-14(9-11-25)19(27)24-17-5-3-2-4-16(17)20(21,22)23/h6-7,12,14,16-17H,2-5,8-11H2,1H3,(H,24,27). The molecule has 2 atom stereocenters. The van der Waals surface area contributed by atoms with Crippen LogP contribution in [0.3, 0.4) is 0 Å². The minimum absolute atomic E-state index is 0.00625. The van der Waals surface area contributed by atoms with Gasteiger partial charge in [-0.2, -0.15) is 17.5 Å². The van der Waals surface area contributed by atoms with Crippen molar-refractivity contribution >= 4 is 21.6 Å². The van der Waals surface area contributed by atoms with Crippen molar-refractivity contribution < 1.29 is 31.3 Å². The predicted molar refractivity (Wildman–Crippen MR) is 109 cm³/mol. The van der Waals surface area contributed by atoms with Crippen molar-refractivity contribution in [3.8, 4) is 0 Å². The van der Waals surface area contributed by atoms with Gasteiger partial charge in [0.1, 0.15) is 0 Å². The number of nitro benzene ring substituents is 1. The smallest absolute Gasteiger partial charge is 0.353 e. The van der Waals surface area contributed by atoms with E-state index in [1.807, 2.05) is 0 Å². The Bertz CT molecular complexity index is 975.